The van der Waals surface area contributed by atoms with E-state index >= 15 is 0 Å². The summed E-state index contributed by atoms with van der Waals surface area (Å²) in [6, 6.07) is 0.976. The number of alkyl halides is 3. The van der Waals surface area contributed by atoms with E-state index in [-0.39, 0.29) is 11.7 Å². The monoisotopic (exact) mass is 203 g/mol. The zero-order valence-corrected chi connectivity index (χ0v) is 7.38. The summed E-state index contributed by atoms with van der Waals surface area (Å²) in [5.74, 6) is 0. The number of rotatable bonds is 1. The third-order valence-electron chi connectivity index (χ3n) is 2.17. The van der Waals surface area contributed by atoms with Crippen molar-refractivity contribution in [1.29, 1.82) is 0 Å². The second kappa shape index (κ2) is 2.95. The topological polar surface area (TPSA) is 25.4 Å². The van der Waals surface area contributed by atoms with Gasteiger partial charge in [0.2, 0.25) is 0 Å². The molecule has 2 atom stereocenters. The van der Waals surface area contributed by atoms with E-state index in [2.05, 4.69) is 4.98 Å². The lowest BCUT2D eigenvalue weighted by Crippen LogP contribution is -2.09. The maximum absolute atomic E-state index is 12.5. The summed E-state index contributed by atoms with van der Waals surface area (Å²) in [6.07, 6.45) is -2.55. The van der Waals surface area contributed by atoms with Crippen molar-refractivity contribution in [3.05, 3.63) is 29.6 Å². The van der Waals surface area contributed by atoms with Gasteiger partial charge in [0.1, 0.15) is 6.10 Å². The van der Waals surface area contributed by atoms with Crippen molar-refractivity contribution < 1.29 is 17.9 Å². The van der Waals surface area contributed by atoms with Crippen LogP contribution < -0.4 is 0 Å². The van der Waals surface area contributed by atoms with Crippen LogP contribution in [0.15, 0.2) is 18.5 Å². The molecule has 0 saturated carbocycles. The molecule has 0 N–H and O–H groups in total. The van der Waals surface area contributed by atoms with Crippen LogP contribution in [-0.4, -0.2) is 11.1 Å². The van der Waals surface area contributed by atoms with Gasteiger partial charge >= 0.3 is 6.18 Å². The highest BCUT2D eigenvalue weighted by molar-refractivity contribution is 5.31. The molecule has 1 aliphatic rings. The van der Waals surface area contributed by atoms with Gasteiger partial charge in [0.25, 0.3) is 0 Å². The van der Waals surface area contributed by atoms with Crippen molar-refractivity contribution in [3.8, 4) is 0 Å². The van der Waals surface area contributed by atoms with Gasteiger partial charge in [-0.1, -0.05) is 0 Å². The Balaban J connectivity index is 2.39. The predicted octanol–water partition coefficient (Wildman–Crippen LogP) is 2.56. The lowest BCUT2D eigenvalue weighted by atomic mass is 10.1. The Hall–Kier alpha value is -1.10. The van der Waals surface area contributed by atoms with E-state index in [4.69, 9.17) is 4.74 Å². The lowest BCUT2D eigenvalue weighted by Gasteiger charge is -2.09. The molecule has 0 amide bonds. The van der Waals surface area contributed by atoms with E-state index in [0.717, 1.165) is 12.3 Å². The number of hydrogen-bond donors (Lipinski definition) is 0. The smallest absolute Gasteiger partial charge is 0.365 e. The highest BCUT2D eigenvalue weighted by Gasteiger charge is 2.43. The maximum Gasteiger partial charge on any atom is 0.416 e. The Morgan fingerprint density at radius 1 is 1.43 bits per heavy atom. The van der Waals surface area contributed by atoms with Crippen LogP contribution in [0.3, 0.4) is 0 Å². The van der Waals surface area contributed by atoms with Gasteiger partial charge in [0.05, 0.1) is 11.7 Å². The molecule has 2 unspecified atom stereocenters. The van der Waals surface area contributed by atoms with Crippen LogP contribution in [0.5, 0.6) is 0 Å². The van der Waals surface area contributed by atoms with Crippen molar-refractivity contribution in [3.63, 3.8) is 0 Å². The third kappa shape index (κ3) is 1.59. The van der Waals surface area contributed by atoms with Gasteiger partial charge in [-0.3, -0.25) is 4.98 Å². The molecule has 0 aliphatic carbocycles. The van der Waals surface area contributed by atoms with Gasteiger partial charge in [0, 0.05) is 18.0 Å². The molecule has 76 valence electrons. The molecule has 5 heteroatoms. The lowest BCUT2D eigenvalue weighted by molar-refractivity contribution is -0.138. The summed E-state index contributed by atoms with van der Waals surface area (Å²) in [5, 5.41) is 0. The minimum Gasteiger partial charge on any atom is -0.365 e. The van der Waals surface area contributed by atoms with Crippen molar-refractivity contribution in [2.24, 2.45) is 0 Å². The first-order valence-corrected chi connectivity index (χ1v) is 4.16. The molecular formula is C9H8F3NO. The van der Waals surface area contributed by atoms with Crippen molar-refractivity contribution in [1.82, 2.24) is 4.98 Å². The van der Waals surface area contributed by atoms with Gasteiger partial charge in [0.15, 0.2) is 0 Å². The number of epoxide rings is 1. The second-order valence-corrected chi connectivity index (χ2v) is 3.22. The molecule has 1 saturated heterocycles. The Labute approximate surface area is 78.7 Å². The number of halogens is 3. The van der Waals surface area contributed by atoms with Crippen LogP contribution in [0, 0.1) is 0 Å². The van der Waals surface area contributed by atoms with E-state index in [9.17, 15) is 13.2 Å². The molecule has 14 heavy (non-hydrogen) atoms. The average Bonchev–Trinajstić information content (AvgIpc) is 2.81. The van der Waals surface area contributed by atoms with Crippen LogP contribution in [-0.2, 0) is 10.9 Å². The molecule has 2 rings (SSSR count). The third-order valence-corrected chi connectivity index (χ3v) is 2.17. The fourth-order valence-corrected chi connectivity index (χ4v) is 1.40. The molecule has 2 nitrogen and oxygen atoms in total. The van der Waals surface area contributed by atoms with Gasteiger partial charge in [-0.2, -0.15) is 13.2 Å². The van der Waals surface area contributed by atoms with Crippen LogP contribution in [0.1, 0.15) is 24.2 Å². The van der Waals surface area contributed by atoms with Crippen LogP contribution in [0.2, 0.25) is 0 Å². The Morgan fingerprint density at radius 3 is 2.57 bits per heavy atom. The zero-order valence-electron chi connectivity index (χ0n) is 7.38. The minimum absolute atomic E-state index is 0.132. The predicted molar refractivity (Wildman–Crippen MR) is 42.5 cm³/mol. The Morgan fingerprint density at radius 2 is 2.07 bits per heavy atom. The largest absolute Gasteiger partial charge is 0.416 e. The standard InChI is InChI=1S/C9H8F3NO/c1-5-8(14-5)6-4-13-3-2-7(6)9(10,11)12/h2-5,8H,1H3. The molecule has 0 aromatic carbocycles. The molecular weight excluding hydrogens is 195 g/mol. The van der Waals surface area contributed by atoms with Gasteiger partial charge < -0.3 is 4.74 Å². The molecule has 0 bridgehead atoms. The van der Waals surface area contributed by atoms with Crippen molar-refractivity contribution in [2.75, 3.05) is 0 Å². The first-order chi connectivity index (χ1) is 6.50. The van der Waals surface area contributed by atoms with E-state index in [1.165, 1.54) is 6.20 Å². The summed E-state index contributed by atoms with van der Waals surface area (Å²) < 4.78 is 42.4. The van der Waals surface area contributed by atoms with E-state index in [0.29, 0.717) is 0 Å². The summed E-state index contributed by atoms with van der Waals surface area (Å²) in [4.78, 5) is 3.67. The molecule has 1 aromatic rings. The summed E-state index contributed by atoms with van der Waals surface area (Å²) >= 11 is 0. The number of ether oxygens (including phenoxy) is 1. The average molecular weight is 203 g/mol. The van der Waals surface area contributed by atoms with Crippen LogP contribution in [0.25, 0.3) is 0 Å². The van der Waals surface area contributed by atoms with E-state index in [1.54, 1.807) is 6.92 Å². The fourth-order valence-electron chi connectivity index (χ4n) is 1.40. The first kappa shape index (κ1) is 9.45. The molecule has 0 radical (unpaired) electrons. The number of hydrogen-bond acceptors (Lipinski definition) is 2. The van der Waals surface area contributed by atoms with Crippen LogP contribution in [0.4, 0.5) is 13.2 Å². The van der Waals surface area contributed by atoms with E-state index < -0.39 is 17.8 Å². The zero-order chi connectivity index (χ0) is 10.3. The van der Waals surface area contributed by atoms with Crippen LogP contribution >= 0.6 is 0 Å². The van der Waals surface area contributed by atoms with Gasteiger partial charge in [-0.25, -0.2) is 0 Å². The maximum atomic E-state index is 12.5. The fraction of sp³-hybridized carbons (Fsp3) is 0.444. The minimum atomic E-state index is -4.33. The normalized spacial score (nSPS) is 26.3. The number of nitrogens with zero attached hydrogens (tertiary/aromatic N) is 1. The highest BCUT2D eigenvalue weighted by Crippen LogP contribution is 2.43. The number of pyridine rings is 1. The number of aromatic nitrogens is 1. The highest BCUT2D eigenvalue weighted by atomic mass is 19.4. The quantitative estimate of drug-likeness (QED) is 0.655. The summed E-state index contributed by atoms with van der Waals surface area (Å²) in [5.41, 5.74) is -0.519. The van der Waals surface area contributed by atoms with E-state index in [1.807, 2.05) is 0 Å². The molecule has 2 heterocycles. The Kier molecular flexibility index (Phi) is 1.99. The summed E-state index contributed by atoms with van der Waals surface area (Å²) in [6.45, 7) is 1.73. The molecule has 1 fully saturated rings. The molecule has 0 spiro atoms. The molecule has 1 aliphatic heterocycles. The van der Waals surface area contributed by atoms with Crippen molar-refractivity contribution >= 4 is 0 Å². The Bertz CT molecular complexity index is 350. The summed E-state index contributed by atoms with van der Waals surface area (Å²) in [7, 11) is 0. The molecule has 1 aromatic heterocycles. The SMILES string of the molecule is CC1OC1c1cnccc1C(F)(F)F. The van der Waals surface area contributed by atoms with Crippen molar-refractivity contribution in [2.45, 2.75) is 25.3 Å². The van der Waals surface area contributed by atoms with Gasteiger partial charge in [-0.15, -0.1) is 0 Å². The van der Waals surface area contributed by atoms with Gasteiger partial charge in [-0.05, 0) is 13.0 Å². The first-order valence-electron chi connectivity index (χ1n) is 4.16. The second-order valence-electron chi connectivity index (χ2n) is 3.22.